The van der Waals surface area contributed by atoms with Gasteiger partial charge in [0.05, 0.1) is 5.56 Å². The monoisotopic (exact) mass is 459 g/mol. The third kappa shape index (κ3) is 6.53. The number of hydrogen-bond acceptors (Lipinski definition) is 3. The van der Waals surface area contributed by atoms with Gasteiger partial charge in [0.15, 0.2) is 5.11 Å². The van der Waals surface area contributed by atoms with E-state index >= 15 is 0 Å². The van der Waals surface area contributed by atoms with Crippen LogP contribution in [0.25, 0.3) is 0 Å². The average Bonchev–Trinajstić information content (AvgIpc) is 2.60. The van der Waals surface area contributed by atoms with Crippen molar-refractivity contribution in [2.75, 3.05) is 5.32 Å². The van der Waals surface area contributed by atoms with Crippen molar-refractivity contribution in [2.24, 2.45) is 0 Å². The fourth-order valence-corrected chi connectivity index (χ4v) is 2.79. The van der Waals surface area contributed by atoms with Crippen LogP contribution < -0.4 is 16.0 Å². The van der Waals surface area contributed by atoms with E-state index in [2.05, 4.69) is 16.0 Å². The SMILES string of the molecule is Cc1cccc(C(=O)N[C@@H](NC(=S)Nc2cccc(C(=O)O)c2)C(Cl)(Cl)Cl)c1. The first-order valence-corrected chi connectivity index (χ1v) is 9.45. The number of carbonyl (C=O) groups is 2. The molecule has 1 amide bonds. The molecule has 148 valence electrons. The summed E-state index contributed by atoms with van der Waals surface area (Å²) in [5.41, 5.74) is 1.81. The molecule has 0 radical (unpaired) electrons. The summed E-state index contributed by atoms with van der Waals surface area (Å²) in [6.07, 6.45) is -1.15. The summed E-state index contributed by atoms with van der Waals surface area (Å²) in [5, 5.41) is 17.2. The van der Waals surface area contributed by atoms with Crippen LogP contribution in [-0.2, 0) is 0 Å². The van der Waals surface area contributed by atoms with Crippen LogP contribution in [0.3, 0.4) is 0 Å². The number of aryl methyl sites for hydroxylation is 1. The van der Waals surface area contributed by atoms with E-state index in [0.29, 0.717) is 11.3 Å². The highest BCUT2D eigenvalue weighted by Crippen LogP contribution is 2.29. The number of rotatable bonds is 5. The Bertz CT molecular complexity index is 903. The molecule has 0 spiro atoms. The molecule has 0 heterocycles. The summed E-state index contributed by atoms with van der Waals surface area (Å²) in [6, 6.07) is 12.9. The fraction of sp³-hybridized carbons (Fsp3) is 0.167. The maximum absolute atomic E-state index is 12.5. The van der Waals surface area contributed by atoms with Crippen LogP contribution in [0.5, 0.6) is 0 Å². The second kappa shape index (κ2) is 9.43. The van der Waals surface area contributed by atoms with Crippen LogP contribution in [0, 0.1) is 6.92 Å². The molecule has 0 unspecified atom stereocenters. The first-order valence-electron chi connectivity index (χ1n) is 7.91. The lowest BCUT2D eigenvalue weighted by atomic mass is 10.1. The summed E-state index contributed by atoms with van der Waals surface area (Å²) < 4.78 is -1.91. The zero-order valence-corrected chi connectivity index (χ0v) is 17.6. The summed E-state index contributed by atoms with van der Waals surface area (Å²) in [5.74, 6) is -1.53. The molecule has 1 atom stereocenters. The first kappa shape index (κ1) is 22.2. The molecular weight excluding hydrogens is 445 g/mol. The smallest absolute Gasteiger partial charge is 0.335 e. The van der Waals surface area contributed by atoms with E-state index in [0.717, 1.165) is 5.56 Å². The maximum Gasteiger partial charge on any atom is 0.335 e. The number of hydrogen-bond donors (Lipinski definition) is 4. The van der Waals surface area contributed by atoms with Gasteiger partial charge in [-0.1, -0.05) is 58.6 Å². The number of thiocarbonyl (C=S) groups is 1. The Hall–Kier alpha value is -2.06. The molecule has 10 heteroatoms. The highest BCUT2D eigenvalue weighted by Gasteiger charge is 2.35. The maximum atomic E-state index is 12.5. The van der Waals surface area contributed by atoms with Gasteiger partial charge in [0.1, 0.15) is 6.17 Å². The van der Waals surface area contributed by atoms with Gasteiger partial charge in [-0.25, -0.2) is 4.79 Å². The number of amides is 1. The fourth-order valence-electron chi connectivity index (χ4n) is 2.23. The zero-order chi connectivity index (χ0) is 20.9. The first-order chi connectivity index (χ1) is 13.1. The minimum atomic E-state index is -1.91. The average molecular weight is 461 g/mol. The van der Waals surface area contributed by atoms with Gasteiger partial charge >= 0.3 is 5.97 Å². The van der Waals surface area contributed by atoms with Gasteiger partial charge in [-0.05, 0) is 49.5 Å². The van der Waals surface area contributed by atoms with Crippen LogP contribution >= 0.6 is 47.0 Å². The van der Waals surface area contributed by atoms with Crippen molar-refractivity contribution in [1.29, 1.82) is 0 Å². The Morgan fingerprint density at radius 3 is 2.29 bits per heavy atom. The molecule has 2 rings (SSSR count). The minimum Gasteiger partial charge on any atom is -0.478 e. The molecule has 0 bridgehead atoms. The molecule has 0 fully saturated rings. The van der Waals surface area contributed by atoms with Crippen LogP contribution in [0.1, 0.15) is 26.3 Å². The Labute approximate surface area is 182 Å². The van der Waals surface area contributed by atoms with Crippen molar-refractivity contribution in [3.8, 4) is 0 Å². The molecule has 0 aliphatic rings. The normalized spacial score (nSPS) is 12.0. The molecule has 0 saturated heterocycles. The molecule has 4 N–H and O–H groups in total. The van der Waals surface area contributed by atoms with Gasteiger partial charge in [-0.15, -0.1) is 0 Å². The van der Waals surface area contributed by atoms with Gasteiger partial charge < -0.3 is 21.1 Å². The van der Waals surface area contributed by atoms with Gasteiger partial charge in [-0.2, -0.15) is 0 Å². The second-order valence-corrected chi connectivity index (χ2v) is 8.58. The number of nitrogens with one attached hydrogen (secondary N) is 3. The predicted molar refractivity (Wildman–Crippen MR) is 115 cm³/mol. The number of carboxylic acid groups (broad SMARTS) is 1. The molecule has 0 aromatic heterocycles. The van der Waals surface area contributed by atoms with E-state index in [4.69, 9.17) is 52.1 Å². The summed E-state index contributed by atoms with van der Waals surface area (Å²) >= 11 is 23.1. The molecular formula is C18H16Cl3N3O3S. The molecule has 2 aromatic rings. The van der Waals surface area contributed by atoms with Gasteiger partial charge in [0, 0.05) is 11.3 Å². The molecule has 0 saturated carbocycles. The van der Waals surface area contributed by atoms with Crippen LogP contribution in [0.4, 0.5) is 5.69 Å². The molecule has 0 aliphatic heterocycles. The van der Waals surface area contributed by atoms with Gasteiger partial charge in [0.2, 0.25) is 3.79 Å². The highest BCUT2D eigenvalue weighted by atomic mass is 35.6. The quantitative estimate of drug-likeness (QED) is 0.305. The molecule has 6 nitrogen and oxygen atoms in total. The number of anilines is 1. The predicted octanol–water partition coefficient (Wildman–Crippen LogP) is 4.11. The Morgan fingerprint density at radius 1 is 1.04 bits per heavy atom. The van der Waals surface area contributed by atoms with E-state index in [9.17, 15) is 9.59 Å². The number of carboxylic acids is 1. The third-order valence-electron chi connectivity index (χ3n) is 3.53. The van der Waals surface area contributed by atoms with Crippen molar-refractivity contribution in [3.05, 3.63) is 65.2 Å². The van der Waals surface area contributed by atoms with E-state index in [-0.39, 0.29) is 10.7 Å². The zero-order valence-electron chi connectivity index (χ0n) is 14.5. The van der Waals surface area contributed by atoms with E-state index in [1.165, 1.54) is 12.1 Å². The number of aromatic carboxylic acids is 1. The highest BCUT2D eigenvalue weighted by molar-refractivity contribution is 7.80. The van der Waals surface area contributed by atoms with Crippen LogP contribution in [-0.4, -0.2) is 32.1 Å². The van der Waals surface area contributed by atoms with Crippen molar-refractivity contribution in [2.45, 2.75) is 16.9 Å². The van der Waals surface area contributed by atoms with Crippen molar-refractivity contribution < 1.29 is 14.7 Å². The van der Waals surface area contributed by atoms with Crippen LogP contribution in [0.2, 0.25) is 0 Å². The summed E-state index contributed by atoms with van der Waals surface area (Å²) in [6.45, 7) is 1.85. The van der Waals surface area contributed by atoms with Crippen molar-refractivity contribution in [1.82, 2.24) is 10.6 Å². The van der Waals surface area contributed by atoms with E-state index in [1.54, 1.807) is 30.3 Å². The third-order valence-corrected chi connectivity index (χ3v) is 4.40. The second-order valence-electron chi connectivity index (χ2n) is 5.80. The minimum absolute atomic E-state index is 0.0309. The van der Waals surface area contributed by atoms with Gasteiger partial charge in [-0.3, -0.25) is 4.79 Å². The Balaban J connectivity index is 2.09. The molecule has 2 aromatic carbocycles. The van der Waals surface area contributed by atoms with E-state index in [1.807, 2.05) is 13.0 Å². The topological polar surface area (TPSA) is 90.5 Å². The van der Waals surface area contributed by atoms with E-state index < -0.39 is 21.8 Å². The summed E-state index contributed by atoms with van der Waals surface area (Å²) in [4.78, 5) is 23.5. The lowest BCUT2D eigenvalue weighted by molar-refractivity contribution is 0.0696. The number of alkyl halides is 3. The number of benzene rings is 2. The lowest BCUT2D eigenvalue weighted by Gasteiger charge is -2.28. The summed E-state index contributed by atoms with van der Waals surface area (Å²) in [7, 11) is 0. The Morgan fingerprint density at radius 2 is 1.68 bits per heavy atom. The standard InChI is InChI=1S/C18H16Cl3N3O3S/c1-10-4-2-5-11(8-10)14(25)23-16(18(19,20)21)24-17(28)22-13-7-3-6-12(9-13)15(26)27/h2-9,16H,1H3,(H,23,25)(H,26,27)(H2,22,24,28)/t16-/m0/s1. The Kier molecular flexibility index (Phi) is 7.48. The van der Waals surface area contributed by atoms with Crippen LogP contribution in [0.15, 0.2) is 48.5 Å². The van der Waals surface area contributed by atoms with Crippen molar-refractivity contribution >= 4 is 69.7 Å². The number of halogens is 3. The van der Waals surface area contributed by atoms with Gasteiger partial charge in [0.25, 0.3) is 5.91 Å². The largest absolute Gasteiger partial charge is 0.478 e. The van der Waals surface area contributed by atoms with Crippen molar-refractivity contribution in [3.63, 3.8) is 0 Å². The lowest BCUT2D eigenvalue weighted by Crippen LogP contribution is -2.56. The number of carbonyl (C=O) groups excluding carboxylic acids is 1. The molecule has 0 aliphatic carbocycles. The molecule has 28 heavy (non-hydrogen) atoms.